The summed E-state index contributed by atoms with van der Waals surface area (Å²) in [6, 6.07) is 0.760. The van der Waals surface area contributed by atoms with Crippen LogP contribution >= 0.6 is 0 Å². The van der Waals surface area contributed by atoms with Gasteiger partial charge in [-0.05, 0) is 25.2 Å². The quantitative estimate of drug-likeness (QED) is 0.794. The van der Waals surface area contributed by atoms with E-state index in [1.165, 1.54) is 19.3 Å². The molecule has 0 aromatic carbocycles. The Labute approximate surface area is 89.5 Å². The van der Waals surface area contributed by atoms with Gasteiger partial charge in [0.1, 0.15) is 0 Å². The average molecular weight is 207 g/mol. The summed E-state index contributed by atoms with van der Waals surface area (Å²) in [5.41, 5.74) is 0. The van der Waals surface area contributed by atoms with E-state index in [9.17, 15) is 0 Å². The molecule has 1 N–H and O–H groups in total. The molecule has 3 rings (SSSR count). The van der Waals surface area contributed by atoms with Crippen LogP contribution < -0.4 is 5.32 Å². The zero-order valence-electron chi connectivity index (χ0n) is 9.07. The van der Waals surface area contributed by atoms with Gasteiger partial charge in [0.25, 0.3) is 0 Å². The molecule has 2 aliphatic rings. The largest absolute Gasteiger partial charge is 0.425 e. The molecule has 0 aliphatic heterocycles. The second kappa shape index (κ2) is 3.59. The van der Waals surface area contributed by atoms with Crippen molar-refractivity contribution in [3.63, 3.8) is 0 Å². The zero-order chi connectivity index (χ0) is 10.3. The number of nitrogens with one attached hydrogen (secondary N) is 1. The van der Waals surface area contributed by atoms with Gasteiger partial charge in [-0.1, -0.05) is 6.92 Å². The molecular weight excluding hydrogens is 190 g/mol. The maximum Gasteiger partial charge on any atom is 0.219 e. The predicted molar refractivity (Wildman–Crippen MR) is 55.5 cm³/mol. The van der Waals surface area contributed by atoms with Crippen LogP contribution in [0, 0.1) is 5.92 Å². The van der Waals surface area contributed by atoms with Crippen LogP contribution in [0.3, 0.4) is 0 Å². The van der Waals surface area contributed by atoms with Gasteiger partial charge in [-0.3, -0.25) is 0 Å². The fraction of sp³-hybridized carbons (Fsp3) is 0.818. The fourth-order valence-electron chi connectivity index (χ4n) is 1.85. The van der Waals surface area contributed by atoms with E-state index in [1.54, 1.807) is 0 Å². The van der Waals surface area contributed by atoms with Crippen LogP contribution in [0.2, 0.25) is 0 Å². The molecule has 4 nitrogen and oxygen atoms in total. The molecule has 2 fully saturated rings. The van der Waals surface area contributed by atoms with E-state index >= 15 is 0 Å². The van der Waals surface area contributed by atoms with Crippen molar-refractivity contribution in [3.05, 3.63) is 11.8 Å². The molecule has 15 heavy (non-hydrogen) atoms. The van der Waals surface area contributed by atoms with Crippen LogP contribution in [0.15, 0.2) is 4.42 Å². The van der Waals surface area contributed by atoms with Crippen molar-refractivity contribution < 1.29 is 4.42 Å². The van der Waals surface area contributed by atoms with Crippen molar-refractivity contribution in [2.24, 2.45) is 5.92 Å². The molecule has 82 valence electrons. The first-order valence-electron chi connectivity index (χ1n) is 5.88. The van der Waals surface area contributed by atoms with E-state index < -0.39 is 0 Å². The Morgan fingerprint density at radius 1 is 1.40 bits per heavy atom. The van der Waals surface area contributed by atoms with Gasteiger partial charge in [0.05, 0.1) is 0 Å². The number of nitrogens with zero attached hydrogens (tertiary/aromatic N) is 2. The van der Waals surface area contributed by atoms with Crippen molar-refractivity contribution in [2.75, 3.05) is 6.54 Å². The molecule has 0 spiro atoms. The van der Waals surface area contributed by atoms with E-state index in [-0.39, 0.29) is 0 Å². The molecular formula is C11H17N3O. The molecule has 1 heterocycles. The first kappa shape index (κ1) is 9.33. The number of hydrogen-bond acceptors (Lipinski definition) is 4. The van der Waals surface area contributed by atoms with Crippen molar-refractivity contribution in [1.82, 2.24) is 15.5 Å². The van der Waals surface area contributed by atoms with E-state index in [1.807, 2.05) is 0 Å². The monoisotopic (exact) mass is 207 g/mol. The van der Waals surface area contributed by atoms with Crippen LogP contribution in [-0.2, 0) is 6.42 Å². The van der Waals surface area contributed by atoms with Gasteiger partial charge in [-0.2, -0.15) is 0 Å². The van der Waals surface area contributed by atoms with Gasteiger partial charge < -0.3 is 9.73 Å². The summed E-state index contributed by atoms with van der Waals surface area (Å²) in [5, 5.41) is 11.6. The fourth-order valence-corrected chi connectivity index (χ4v) is 1.85. The lowest BCUT2D eigenvalue weighted by Crippen LogP contribution is -2.19. The molecule has 1 aromatic rings. The SMILES string of the molecule is CC1CC1c1nnc(CCNC2CC2)o1. The zero-order valence-corrected chi connectivity index (χ0v) is 9.07. The van der Waals surface area contributed by atoms with E-state index in [0.717, 1.165) is 36.7 Å². The Hall–Kier alpha value is -0.900. The molecule has 1 aromatic heterocycles. The maximum atomic E-state index is 5.62. The van der Waals surface area contributed by atoms with E-state index in [2.05, 4.69) is 22.4 Å². The van der Waals surface area contributed by atoms with Crippen LogP contribution in [0.4, 0.5) is 0 Å². The van der Waals surface area contributed by atoms with E-state index in [4.69, 9.17) is 4.42 Å². The summed E-state index contributed by atoms with van der Waals surface area (Å²) in [6.07, 6.45) is 4.73. The van der Waals surface area contributed by atoms with Crippen LogP contribution in [0.1, 0.15) is 43.9 Å². The van der Waals surface area contributed by atoms with Gasteiger partial charge in [0, 0.05) is 24.9 Å². The second-order valence-corrected chi connectivity index (χ2v) is 4.83. The standard InChI is InChI=1S/C11H17N3O/c1-7-6-9(7)11-14-13-10(15-11)4-5-12-8-2-3-8/h7-9,12H,2-6H2,1H3. The third kappa shape index (κ3) is 2.20. The van der Waals surface area contributed by atoms with Crippen molar-refractivity contribution in [3.8, 4) is 0 Å². The minimum absolute atomic E-state index is 0.544. The third-order valence-electron chi connectivity index (χ3n) is 3.26. The summed E-state index contributed by atoms with van der Waals surface area (Å²) in [5.74, 6) is 2.92. The Morgan fingerprint density at radius 2 is 2.20 bits per heavy atom. The second-order valence-electron chi connectivity index (χ2n) is 4.83. The molecule has 0 bridgehead atoms. The summed E-state index contributed by atoms with van der Waals surface area (Å²) >= 11 is 0. The predicted octanol–water partition coefficient (Wildman–Crippen LogP) is 1.49. The Kier molecular flexibility index (Phi) is 2.24. The minimum atomic E-state index is 0.544. The Morgan fingerprint density at radius 3 is 2.87 bits per heavy atom. The van der Waals surface area contributed by atoms with Gasteiger partial charge in [-0.15, -0.1) is 10.2 Å². The lowest BCUT2D eigenvalue weighted by atomic mass is 10.3. The summed E-state index contributed by atoms with van der Waals surface area (Å²) in [6.45, 7) is 3.19. The summed E-state index contributed by atoms with van der Waals surface area (Å²) < 4.78 is 5.62. The highest BCUT2D eigenvalue weighted by Crippen LogP contribution is 2.46. The maximum absolute atomic E-state index is 5.62. The van der Waals surface area contributed by atoms with Crippen LogP contribution in [0.5, 0.6) is 0 Å². The molecule has 2 aliphatic carbocycles. The molecule has 2 unspecified atom stereocenters. The lowest BCUT2D eigenvalue weighted by molar-refractivity contribution is 0.441. The Bertz CT molecular complexity index is 345. The first-order chi connectivity index (χ1) is 7.33. The van der Waals surface area contributed by atoms with Gasteiger partial charge >= 0.3 is 0 Å². The van der Waals surface area contributed by atoms with Crippen molar-refractivity contribution in [1.29, 1.82) is 0 Å². The molecule has 0 saturated heterocycles. The minimum Gasteiger partial charge on any atom is -0.425 e. The highest BCUT2D eigenvalue weighted by Gasteiger charge is 2.38. The van der Waals surface area contributed by atoms with Gasteiger partial charge in [0.2, 0.25) is 11.8 Å². The number of hydrogen-bond donors (Lipinski definition) is 1. The molecule has 2 atom stereocenters. The number of aromatic nitrogens is 2. The Balaban J connectivity index is 1.49. The van der Waals surface area contributed by atoms with E-state index in [0.29, 0.717) is 5.92 Å². The third-order valence-corrected chi connectivity index (χ3v) is 3.26. The van der Waals surface area contributed by atoms with Crippen molar-refractivity contribution in [2.45, 2.75) is 44.6 Å². The topological polar surface area (TPSA) is 51.0 Å². The molecule has 0 radical (unpaired) electrons. The normalized spacial score (nSPS) is 29.4. The van der Waals surface area contributed by atoms with Crippen LogP contribution in [-0.4, -0.2) is 22.8 Å². The highest BCUT2D eigenvalue weighted by atomic mass is 16.4. The molecule has 0 amide bonds. The molecule has 4 heteroatoms. The summed E-state index contributed by atoms with van der Waals surface area (Å²) in [4.78, 5) is 0. The number of rotatable bonds is 5. The van der Waals surface area contributed by atoms with Gasteiger partial charge in [0.15, 0.2) is 0 Å². The highest BCUT2D eigenvalue weighted by molar-refractivity contribution is 5.04. The smallest absolute Gasteiger partial charge is 0.219 e. The average Bonchev–Trinajstić information content (AvgIpc) is 3.11. The summed E-state index contributed by atoms with van der Waals surface area (Å²) in [7, 11) is 0. The van der Waals surface area contributed by atoms with Crippen molar-refractivity contribution >= 4 is 0 Å². The van der Waals surface area contributed by atoms with Gasteiger partial charge in [-0.25, -0.2) is 0 Å². The first-order valence-corrected chi connectivity index (χ1v) is 5.88. The van der Waals surface area contributed by atoms with Crippen LogP contribution in [0.25, 0.3) is 0 Å². The molecule has 2 saturated carbocycles. The lowest BCUT2D eigenvalue weighted by Gasteiger charge is -1.97.